The first kappa shape index (κ1) is 36.8. The van der Waals surface area contributed by atoms with Gasteiger partial charge in [0.1, 0.15) is 12.4 Å². The molecule has 2 aromatic carbocycles. The standard InChI is InChI=1S/C34H47NO10Si/c1-23(36)44-31-26(19-30(37)40-6)18-29(45-32(31)41-20-25-14-16-27(39-5)17-15-25)28(22-43-46(7,8)34(2,3)4)35-33(38)42-21-24-12-10-9-11-13-24/h9-17,19,28-29,31-32H,18,20-22H2,1-8H3,(H,35,38)/b26-19-/t28-,29+,31-,32-/m1/s1. The summed E-state index contributed by atoms with van der Waals surface area (Å²) in [6.07, 6.45) is -2.20. The fourth-order valence-corrected chi connectivity index (χ4v) is 5.44. The topological polar surface area (TPSA) is 128 Å². The van der Waals surface area contributed by atoms with Gasteiger partial charge in [-0.15, -0.1) is 0 Å². The van der Waals surface area contributed by atoms with Crippen molar-refractivity contribution in [1.82, 2.24) is 5.32 Å². The Labute approximate surface area is 272 Å². The Morgan fingerprint density at radius 2 is 1.65 bits per heavy atom. The van der Waals surface area contributed by atoms with E-state index in [4.69, 9.17) is 32.8 Å². The maximum absolute atomic E-state index is 13.1. The molecule has 0 aromatic heterocycles. The van der Waals surface area contributed by atoms with Gasteiger partial charge in [0.15, 0.2) is 20.7 Å². The van der Waals surface area contributed by atoms with Crippen molar-refractivity contribution in [3.8, 4) is 5.75 Å². The molecule has 11 nitrogen and oxygen atoms in total. The molecule has 1 heterocycles. The van der Waals surface area contributed by atoms with Gasteiger partial charge in [0.25, 0.3) is 0 Å². The lowest BCUT2D eigenvalue weighted by molar-refractivity contribution is -0.241. The summed E-state index contributed by atoms with van der Waals surface area (Å²) in [4.78, 5) is 37.8. The number of nitrogens with one attached hydrogen (secondary N) is 1. The number of benzene rings is 2. The lowest BCUT2D eigenvalue weighted by Gasteiger charge is -2.42. The zero-order valence-electron chi connectivity index (χ0n) is 28.0. The first-order valence-electron chi connectivity index (χ1n) is 15.2. The number of ether oxygens (including phenoxy) is 6. The van der Waals surface area contributed by atoms with Crippen LogP contribution in [0.3, 0.4) is 0 Å². The maximum Gasteiger partial charge on any atom is 0.407 e. The summed E-state index contributed by atoms with van der Waals surface area (Å²) in [5, 5.41) is 2.82. The van der Waals surface area contributed by atoms with Crippen LogP contribution in [0.15, 0.2) is 66.2 Å². The van der Waals surface area contributed by atoms with Crippen molar-refractivity contribution in [1.29, 1.82) is 0 Å². The highest BCUT2D eigenvalue weighted by Gasteiger charge is 2.44. The molecule has 1 amide bonds. The largest absolute Gasteiger partial charge is 0.497 e. The number of hydrogen-bond acceptors (Lipinski definition) is 10. The third-order valence-corrected chi connectivity index (χ3v) is 12.6. The smallest absolute Gasteiger partial charge is 0.407 e. The predicted octanol–water partition coefficient (Wildman–Crippen LogP) is 5.67. The summed E-state index contributed by atoms with van der Waals surface area (Å²) in [6.45, 7) is 12.1. The monoisotopic (exact) mass is 657 g/mol. The van der Waals surface area contributed by atoms with Gasteiger partial charge in [0.2, 0.25) is 0 Å². The van der Waals surface area contributed by atoms with E-state index in [2.05, 4.69) is 39.2 Å². The molecular formula is C34H47NO10Si. The first-order valence-corrected chi connectivity index (χ1v) is 18.1. The van der Waals surface area contributed by atoms with Crippen LogP contribution in [0.1, 0.15) is 45.2 Å². The number of hydrogen-bond donors (Lipinski definition) is 1. The van der Waals surface area contributed by atoms with Crippen LogP contribution < -0.4 is 10.1 Å². The van der Waals surface area contributed by atoms with Crippen molar-refractivity contribution in [2.75, 3.05) is 20.8 Å². The minimum atomic E-state index is -2.27. The van der Waals surface area contributed by atoms with Crippen LogP contribution in [-0.4, -0.2) is 71.7 Å². The number of amides is 1. The van der Waals surface area contributed by atoms with E-state index >= 15 is 0 Å². The molecule has 2 aromatic rings. The highest BCUT2D eigenvalue weighted by Crippen LogP contribution is 2.37. The average Bonchev–Trinajstić information content (AvgIpc) is 3.02. The van der Waals surface area contributed by atoms with Crippen LogP contribution in [-0.2, 0) is 50.9 Å². The van der Waals surface area contributed by atoms with Gasteiger partial charge in [-0.3, -0.25) is 4.79 Å². The first-order chi connectivity index (χ1) is 21.7. The van der Waals surface area contributed by atoms with Gasteiger partial charge >= 0.3 is 18.0 Å². The Kier molecular flexibility index (Phi) is 13.4. The van der Waals surface area contributed by atoms with Crippen LogP contribution in [0, 0.1) is 0 Å². The van der Waals surface area contributed by atoms with Crippen LogP contribution in [0.2, 0.25) is 18.1 Å². The molecule has 46 heavy (non-hydrogen) atoms. The molecule has 252 valence electrons. The number of alkyl carbamates (subject to hydrolysis) is 1. The third kappa shape index (κ3) is 11.0. The second-order valence-electron chi connectivity index (χ2n) is 12.6. The van der Waals surface area contributed by atoms with Crippen LogP contribution in [0.4, 0.5) is 4.79 Å². The number of carbonyl (C=O) groups is 3. The van der Waals surface area contributed by atoms with E-state index in [1.807, 2.05) is 42.5 Å². The lowest BCUT2D eigenvalue weighted by atomic mass is 9.94. The van der Waals surface area contributed by atoms with Crippen molar-refractivity contribution in [3.63, 3.8) is 0 Å². The second kappa shape index (κ2) is 16.7. The van der Waals surface area contributed by atoms with Gasteiger partial charge in [-0.2, -0.15) is 0 Å². The Bertz CT molecular complexity index is 1320. The quantitative estimate of drug-likeness (QED) is 0.124. The Morgan fingerprint density at radius 1 is 1.00 bits per heavy atom. The Hall–Kier alpha value is -3.71. The van der Waals surface area contributed by atoms with E-state index in [9.17, 15) is 14.4 Å². The normalized spacial score (nSPS) is 20.0. The van der Waals surface area contributed by atoms with Gasteiger partial charge in [-0.05, 0) is 47.0 Å². The zero-order valence-corrected chi connectivity index (χ0v) is 29.0. The highest BCUT2D eigenvalue weighted by molar-refractivity contribution is 6.74. The van der Waals surface area contributed by atoms with E-state index < -0.39 is 50.9 Å². The van der Waals surface area contributed by atoms with Crippen molar-refractivity contribution in [3.05, 3.63) is 77.4 Å². The molecule has 0 unspecified atom stereocenters. The fraction of sp³-hybridized carbons (Fsp3) is 0.500. The summed E-state index contributed by atoms with van der Waals surface area (Å²) < 4.78 is 40.4. The Balaban J connectivity index is 1.92. The van der Waals surface area contributed by atoms with Crippen molar-refractivity contribution >= 4 is 26.3 Å². The molecule has 0 spiro atoms. The van der Waals surface area contributed by atoms with E-state index in [0.717, 1.165) is 11.1 Å². The van der Waals surface area contributed by atoms with Crippen molar-refractivity contribution < 1.29 is 47.2 Å². The minimum absolute atomic E-state index is 0.0730. The predicted molar refractivity (Wildman–Crippen MR) is 173 cm³/mol. The molecule has 1 N–H and O–H groups in total. The summed E-state index contributed by atoms with van der Waals surface area (Å²) in [5.41, 5.74) is 2.06. The van der Waals surface area contributed by atoms with Crippen molar-refractivity contribution in [2.45, 2.75) is 90.0 Å². The molecule has 0 saturated carbocycles. The van der Waals surface area contributed by atoms with E-state index in [1.165, 1.54) is 20.1 Å². The minimum Gasteiger partial charge on any atom is -0.497 e. The Morgan fingerprint density at radius 3 is 2.24 bits per heavy atom. The molecular weight excluding hydrogens is 610 g/mol. The summed E-state index contributed by atoms with van der Waals surface area (Å²) in [5.74, 6) is -0.527. The number of methoxy groups -OCH3 is 2. The number of esters is 2. The van der Waals surface area contributed by atoms with Gasteiger partial charge < -0.3 is 38.2 Å². The van der Waals surface area contributed by atoms with Crippen LogP contribution in [0.5, 0.6) is 5.75 Å². The molecule has 0 radical (unpaired) electrons. The second-order valence-corrected chi connectivity index (χ2v) is 17.4. The average molecular weight is 658 g/mol. The molecule has 1 saturated heterocycles. The van der Waals surface area contributed by atoms with E-state index in [1.54, 1.807) is 19.2 Å². The molecule has 1 aliphatic rings. The molecule has 0 bridgehead atoms. The third-order valence-electron chi connectivity index (χ3n) is 8.12. The lowest BCUT2D eigenvalue weighted by Crippen LogP contribution is -2.56. The SMILES string of the molecule is COC(=O)/C=C1/C[C@@H]([C@@H](CO[Si](C)(C)C(C)(C)C)NC(=O)OCc2ccccc2)O[C@@H](OCc2ccc(OC)cc2)[C@@H]1OC(C)=O. The molecule has 3 rings (SSSR count). The zero-order chi connectivity index (χ0) is 33.9. The van der Waals surface area contributed by atoms with Gasteiger partial charge in [0.05, 0.1) is 39.6 Å². The molecule has 12 heteroatoms. The van der Waals surface area contributed by atoms with E-state index in [-0.39, 0.29) is 31.3 Å². The molecule has 1 fully saturated rings. The maximum atomic E-state index is 13.1. The molecule has 1 aliphatic heterocycles. The number of rotatable bonds is 13. The summed E-state index contributed by atoms with van der Waals surface area (Å²) in [6, 6.07) is 15.9. The van der Waals surface area contributed by atoms with Gasteiger partial charge in [0, 0.05) is 19.4 Å². The number of carbonyl (C=O) groups excluding carboxylic acids is 3. The van der Waals surface area contributed by atoms with Crippen molar-refractivity contribution in [2.24, 2.45) is 0 Å². The highest BCUT2D eigenvalue weighted by atomic mass is 28.4. The van der Waals surface area contributed by atoms with Gasteiger partial charge in [-0.1, -0.05) is 63.2 Å². The molecule has 4 atom stereocenters. The molecule has 0 aliphatic carbocycles. The fourth-order valence-electron chi connectivity index (χ4n) is 4.41. The summed E-state index contributed by atoms with van der Waals surface area (Å²) in [7, 11) is 0.570. The van der Waals surface area contributed by atoms with Crippen LogP contribution >= 0.6 is 0 Å². The summed E-state index contributed by atoms with van der Waals surface area (Å²) >= 11 is 0. The van der Waals surface area contributed by atoms with Gasteiger partial charge in [-0.25, -0.2) is 9.59 Å². The van der Waals surface area contributed by atoms with E-state index in [0.29, 0.717) is 11.3 Å². The van der Waals surface area contributed by atoms with Crippen LogP contribution in [0.25, 0.3) is 0 Å².